The zero-order valence-corrected chi connectivity index (χ0v) is 10.9. The molecule has 3 heteroatoms. The lowest BCUT2D eigenvalue weighted by Gasteiger charge is -2.14. The molecule has 3 nitrogen and oxygen atoms in total. The predicted octanol–water partition coefficient (Wildman–Crippen LogP) is 1.89. The van der Waals surface area contributed by atoms with Crippen molar-refractivity contribution < 1.29 is 9.90 Å². The molecule has 1 atom stereocenters. The van der Waals surface area contributed by atoms with Crippen LogP contribution in [0.2, 0.25) is 0 Å². The molecule has 1 amide bonds. The van der Waals surface area contributed by atoms with Gasteiger partial charge in [0.2, 0.25) is 0 Å². The van der Waals surface area contributed by atoms with Gasteiger partial charge in [-0.3, -0.25) is 4.79 Å². The summed E-state index contributed by atoms with van der Waals surface area (Å²) in [7, 11) is 0. The van der Waals surface area contributed by atoms with Gasteiger partial charge in [-0.2, -0.15) is 0 Å². The number of amides is 1. The van der Waals surface area contributed by atoms with Crippen molar-refractivity contribution in [2.45, 2.75) is 6.04 Å². The Labute approximate surface area is 118 Å². The van der Waals surface area contributed by atoms with E-state index in [1.165, 1.54) is 0 Å². The number of carbonyl (C=O) groups excluding carboxylic acids is 1. The van der Waals surface area contributed by atoms with Crippen molar-refractivity contribution in [1.29, 1.82) is 0 Å². The molecule has 0 saturated carbocycles. The van der Waals surface area contributed by atoms with Crippen LogP contribution in [0.25, 0.3) is 0 Å². The maximum Gasteiger partial charge on any atom is 0.296 e. The third-order valence-electron chi connectivity index (χ3n) is 2.78. The Morgan fingerprint density at radius 1 is 1.05 bits per heavy atom. The van der Waals surface area contributed by atoms with Crippen LogP contribution in [0.15, 0.2) is 60.7 Å². The number of aliphatic hydroxyl groups excluding tert-OH is 1. The summed E-state index contributed by atoms with van der Waals surface area (Å²) in [6.07, 6.45) is 0. The van der Waals surface area contributed by atoms with Crippen molar-refractivity contribution in [3.8, 4) is 11.8 Å². The lowest BCUT2D eigenvalue weighted by molar-refractivity contribution is -0.116. The number of nitrogens with one attached hydrogen (secondary N) is 1. The molecule has 1 unspecified atom stereocenters. The summed E-state index contributed by atoms with van der Waals surface area (Å²) in [5, 5.41) is 12.0. The molecule has 2 N–H and O–H groups in total. The van der Waals surface area contributed by atoms with Gasteiger partial charge in [0.05, 0.1) is 12.6 Å². The molecule has 0 bridgehead atoms. The molecule has 0 fully saturated rings. The van der Waals surface area contributed by atoms with Crippen LogP contribution in [0.5, 0.6) is 0 Å². The van der Waals surface area contributed by atoms with Gasteiger partial charge in [-0.25, -0.2) is 0 Å². The van der Waals surface area contributed by atoms with Crippen molar-refractivity contribution in [3.63, 3.8) is 0 Å². The third-order valence-corrected chi connectivity index (χ3v) is 2.78. The van der Waals surface area contributed by atoms with E-state index in [0.29, 0.717) is 0 Å². The van der Waals surface area contributed by atoms with Crippen molar-refractivity contribution >= 4 is 5.91 Å². The fourth-order valence-corrected chi connectivity index (χ4v) is 1.76. The Bertz CT molecular complexity index is 612. The predicted molar refractivity (Wildman–Crippen MR) is 77.7 cm³/mol. The summed E-state index contributed by atoms with van der Waals surface area (Å²) < 4.78 is 0. The highest BCUT2D eigenvalue weighted by molar-refractivity contribution is 5.94. The largest absolute Gasteiger partial charge is 0.394 e. The normalized spacial score (nSPS) is 11.1. The molecule has 0 aliphatic rings. The van der Waals surface area contributed by atoms with Crippen LogP contribution < -0.4 is 5.32 Å². The highest BCUT2D eigenvalue weighted by atomic mass is 16.3. The summed E-state index contributed by atoms with van der Waals surface area (Å²) in [6, 6.07) is 18.2. The molecule has 2 rings (SSSR count). The smallest absolute Gasteiger partial charge is 0.296 e. The van der Waals surface area contributed by atoms with Gasteiger partial charge in [0.1, 0.15) is 0 Å². The van der Waals surface area contributed by atoms with E-state index in [9.17, 15) is 9.90 Å². The number of rotatable bonds is 3. The Morgan fingerprint density at radius 2 is 1.65 bits per heavy atom. The van der Waals surface area contributed by atoms with Gasteiger partial charge >= 0.3 is 0 Å². The second kappa shape index (κ2) is 7.13. The topological polar surface area (TPSA) is 49.3 Å². The van der Waals surface area contributed by atoms with E-state index >= 15 is 0 Å². The van der Waals surface area contributed by atoms with Crippen molar-refractivity contribution in [1.82, 2.24) is 5.32 Å². The molecular weight excluding hydrogens is 250 g/mol. The van der Waals surface area contributed by atoms with Crippen molar-refractivity contribution in [3.05, 3.63) is 71.8 Å². The fraction of sp³-hybridized carbons (Fsp3) is 0.118. The van der Waals surface area contributed by atoms with Crippen molar-refractivity contribution in [2.24, 2.45) is 0 Å². The monoisotopic (exact) mass is 265 g/mol. The Morgan fingerprint density at radius 3 is 2.25 bits per heavy atom. The van der Waals surface area contributed by atoms with Gasteiger partial charge in [0.25, 0.3) is 5.91 Å². The fourth-order valence-electron chi connectivity index (χ4n) is 1.76. The number of aliphatic hydroxyl groups is 1. The van der Waals surface area contributed by atoms with Crippen molar-refractivity contribution in [2.75, 3.05) is 6.61 Å². The minimum Gasteiger partial charge on any atom is -0.394 e. The minimum atomic E-state index is -0.436. The van der Waals surface area contributed by atoms with E-state index in [2.05, 4.69) is 17.2 Å². The van der Waals surface area contributed by atoms with Crippen LogP contribution in [-0.2, 0) is 4.79 Å². The first-order valence-corrected chi connectivity index (χ1v) is 6.33. The Balaban J connectivity index is 2.02. The molecule has 100 valence electrons. The van der Waals surface area contributed by atoms with Crippen LogP contribution in [0.3, 0.4) is 0 Å². The maximum atomic E-state index is 11.8. The zero-order chi connectivity index (χ0) is 14.2. The van der Waals surface area contributed by atoms with Crippen LogP contribution in [-0.4, -0.2) is 17.6 Å². The molecule has 0 aromatic heterocycles. The molecule has 2 aromatic rings. The summed E-state index contributed by atoms with van der Waals surface area (Å²) in [5.41, 5.74) is 1.63. The molecule has 0 aliphatic heterocycles. The Kier molecular flexibility index (Phi) is 4.94. The summed E-state index contributed by atoms with van der Waals surface area (Å²) in [4.78, 5) is 11.8. The molecule has 0 radical (unpaired) electrons. The first-order valence-electron chi connectivity index (χ1n) is 6.33. The average Bonchev–Trinajstić information content (AvgIpc) is 2.52. The zero-order valence-electron chi connectivity index (χ0n) is 10.9. The second-order valence-electron chi connectivity index (χ2n) is 4.24. The van der Waals surface area contributed by atoms with E-state index in [4.69, 9.17) is 0 Å². The minimum absolute atomic E-state index is 0.164. The van der Waals surface area contributed by atoms with Crippen LogP contribution in [0, 0.1) is 11.8 Å². The van der Waals surface area contributed by atoms with Gasteiger partial charge < -0.3 is 10.4 Å². The first-order chi connectivity index (χ1) is 9.79. The molecule has 20 heavy (non-hydrogen) atoms. The van der Waals surface area contributed by atoms with E-state index < -0.39 is 11.9 Å². The van der Waals surface area contributed by atoms with Crippen LogP contribution in [0.1, 0.15) is 17.2 Å². The summed E-state index contributed by atoms with van der Waals surface area (Å²) in [6.45, 7) is -0.164. The van der Waals surface area contributed by atoms with Gasteiger partial charge in [-0.05, 0) is 17.7 Å². The maximum absolute atomic E-state index is 11.8. The summed E-state index contributed by atoms with van der Waals surface area (Å²) >= 11 is 0. The van der Waals surface area contributed by atoms with E-state index in [1.54, 1.807) is 0 Å². The molecule has 0 heterocycles. The number of hydrogen-bond acceptors (Lipinski definition) is 2. The highest BCUT2D eigenvalue weighted by Crippen LogP contribution is 2.10. The van der Waals surface area contributed by atoms with Gasteiger partial charge in [-0.1, -0.05) is 54.5 Å². The molecule has 0 aliphatic carbocycles. The molecule has 0 spiro atoms. The second-order valence-corrected chi connectivity index (χ2v) is 4.24. The molecule has 0 saturated heterocycles. The highest BCUT2D eigenvalue weighted by Gasteiger charge is 2.11. The average molecular weight is 265 g/mol. The lowest BCUT2D eigenvalue weighted by Crippen LogP contribution is -2.29. The van der Waals surface area contributed by atoms with Crippen LogP contribution in [0.4, 0.5) is 0 Å². The first kappa shape index (κ1) is 13.9. The number of benzene rings is 2. The van der Waals surface area contributed by atoms with E-state index in [-0.39, 0.29) is 6.61 Å². The number of hydrogen-bond donors (Lipinski definition) is 2. The molecule has 2 aromatic carbocycles. The van der Waals surface area contributed by atoms with Gasteiger partial charge in [0, 0.05) is 11.5 Å². The van der Waals surface area contributed by atoms with E-state index in [0.717, 1.165) is 11.1 Å². The van der Waals surface area contributed by atoms with Crippen LogP contribution >= 0.6 is 0 Å². The Hall–Kier alpha value is -2.57. The molecular formula is C17H15NO2. The SMILES string of the molecule is O=C(C#Cc1ccccc1)NC(CO)c1ccccc1. The van der Waals surface area contributed by atoms with Gasteiger partial charge in [-0.15, -0.1) is 0 Å². The summed E-state index contributed by atoms with van der Waals surface area (Å²) in [5.74, 6) is 4.90. The quantitative estimate of drug-likeness (QED) is 0.833. The lowest BCUT2D eigenvalue weighted by atomic mass is 10.1. The number of carbonyl (C=O) groups is 1. The third kappa shape index (κ3) is 3.98. The van der Waals surface area contributed by atoms with E-state index in [1.807, 2.05) is 60.7 Å². The van der Waals surface area contributed by atoms with Gasteiger partial charge in [0.15, 0.2) is 0 Å². The standard InChI is InChI=1S/C17H15NO2/c19-13-16(15-9-5-2-6-10-15)18-17(20)12-11-14-7-3-1-4-8-14/h1-10,16,19H,13H2,(H,18,20).